The molecular weight excluding hydrogens is 220 g/mol. The van der Waals surface area contributed by atoms with E-state index in [1.54, 1.807) is 11.8 Å². The van der Waals surface area contributed by atoms with Crippen LogP contribution in [0.3, 0.4) is 0 Å². The van der Waals surface area contributed by atoms with Crippen LogP contribution in [-0.4, -0.2) is 21.1 Å². The van der Waals surface area contributed by atoms with Gasteiger partial charge in [0.15, 0.2) is 5.12 Å². The highest BCUT2D eigenvalue weighted by Crippen LogP contribution is 2.12. The molecule has 0 heterocycles. The van der Waals surface area contributed by atoms with Gasteiger partial charge in [-0.15, -0.1) is 0 Å². The van der Waals surface area contributed by atoms with Crippen molar-refractivity contribution in [2.75, 3.05) is 5.75 Å². The fraction of sp³-hybridized carbons (Fsp3) is 0.917. The van der Waals surface area contributed by atoms with Gasteiger partial charge in [-0.05, 0) is 12.2 Å². The highest BCUT2D eigenvalue weighted by molar-refractivity contribution is 8.13. The minimum Gasteiger partial charge on any atom is -0.287 e. The van der Waals surface area contributed by atoms with Crippen molar-refractivity contribution in [1.82, 2.24) is 0 Å². The quantitative estimate of drug-likeness (QED) is 0.435. The summed E-state index contributed by atoms with van der Waals surface area (Å²) in [6, 6.07) is 1.24. The van der Waals surface area contributed by atoms with Gasteiger partial charge in [0, 0.05) is 16.7 Å². The lowest BCUT2D eigenvalue weighted by molar-refractivity contribution is -0.111. The van der Waals surface area contributed by atoms with Gasteiger partial charge < -0.3 is 0 Å². The van der Waals surface area contributed by atoms with Gasteiger partial charge in [-0.25, -0.2) is 0 Å². The first-order chi connectivity index (χ1) is 7.31. The SMILES string of the molecule is CCCCCCCCCC(=O)SCC[SiH3]. The normalized spacial score (nSPS) is 10.7. The lowest BCUT2D eigenvalue weighted by atomic mass is 10.1. The molecule has 0 spiro atoms. The number of hydrogen-bond donors (Lipinski definition) is 0. The molecule has 0 amide bonds. The molecule has 0 unspecified atom stereocenters. The van der Waals surface area contributed by atoms with Crippen LogP contribution in [0, 0.1) is 0 Å². The summed E-state index contributed by atoms with van der Waals surface area (Å²) < 4.78 is 0. The van der Waals surface area contributed by atoms with Crippen LogP contribution in [0.4, 0.5) is 0 Å². The van der Waals surface area contributed by atoms with E-state index in [-0.39, 0.29) is 0 Å². The monoisotopic (exact) mass is 246 g/mol. The Labute approximate surface area is 102 Å². The predicted octanol–water partition coefficient (Wildman–Crippen LogP) is 3.17. The molecule has 0 atom stereocenters. The molecule has 3 heteroatoms. The van der Waals surface area contributed by atoms with Crippen molar-refractivity contribution >= 4 is 27.1 Å². The molecule has 0 rings (SSSR count). The Balaban J connectivity index is 3.06. The van der Waals surface area contributed by atoms with Gasteiger partial charge >= 0.3 is 0 Å². The van der Waals surface area contributed by atoms with Crippen LogP contribution in [-0.2, 0) is 4.79 Å². The Hall–Kier alpha value is 0.237. The summed E-state index contributed by atoms with van der Waals surface area (Å²) in [4.78, 5) is 11.3. The van der Waals surface area contributed by atoms with Crippen molar-refractivity contribution in [1.29, 1.82) is 0 Å². The molecule has 0 saturated carbocycles. The second kappa shape index (κ2) is 12.3. The van der Waals surface area contributed by atoms with E-state index in [1.165, 1.54) is 54.8 Å². The molecule has 0 aromatic rings. The molecule has 0 saturated heterocycles. The van der Waals surface area contributed by atoms with E-state index >= 15 is 0 Å². The van der Waals surface area contributed by atoms with Crippen LogP contribution in [0.15, 0.2) is 0 Å². The summed E-state index contributed by atoms with van der Waals surface area (Å²) in [6.45, 7) is 2.24. The number of unbranched alkanes of at least 4 members (excludes halogenated alkanes) is 6. The van der Waals surface area contributed by atoms with E-state index in [1.807, 2.05) is 0 Å². The molecule has 0 aromatic carbocycles. The maximum atomic E-state index is 11.3. The molecule has 0 bridgehead atoms. The first-order valence-electron chi connectivity index (χ1n) is 6.46. The van der Waals surface area contributed by atoms with Crippen molar-refractivity contribution in [2.45, 2.75) is 64.3 Å². The zero-order chi connectivity index (χ0) is 11.4. The van der Waals surface area contributed by atoms with Crippen LogP contribution in [0.25, 0.3) is 0 Å². The van der Waals surface area contributed by atoms with Crippen molar-refractivity contribution in [3.8, 4) is 0 Å². The molecular formula is C12H26OSSi. The molecule has 0 fully saturated rings. The highest BCUT2D eigenvalue weighted by atomic mass is 32.2. The second-order valence-electron chi connectivity index (χ2n) is 4.09. The maximum absolute atomic E-state index is 11.3. The van der Waals surface area contributed by atoms with E-state index in [0.717, 1.165) is 18.6 Å². The Morgan fingerprint density at radius 3 is 2.27 bits per heavy atom. The summed E-state index contributed by atoms with van der Waals surface area (Å²) in [5.74, 6) is 1.06. The molecule has 0 aromatic heterocycles. The molecule has 0 N–H and O–H groups in total. The second-order valence-corrected chi connectivity index (χ2v) is 6.24. The Morgan fingerprint density at radius 1 is 1.07 bits per heavy atom. The van der Waals surface area contributed by atoms with Crippen LogP contribution in [0.2, 0.25) is 6.04 Å². The number of carbonyl (C=O) groups is 1. The first kappa shape index (κ1) is 15.2. The lowest BCUT2D eigenvalue weighted by Gasteiger charge is -2.00. The summed E-state index contributed by atoms with van der Waals surface area (Å²) in [5.41, 5.74) is 0. The minimum absolute atomic E-state index is 0.416. The van der Waals surface area contributed by atoms with Crippen LogP contribution in [0.1, 0.15) is 58.3 Å². The van der Waals surface area contributed by atoms with Gasteiger partial charge in [-0.2, -0.15) is 0 Å². The van der Waals surface area contributed by atoms with E-state index in [4.69, 9.17) is 0 Å². The molecule has 15 heavy (non-hydrogen) atoms. The van der Waals surface area contributed by atoms with Crippen molar-refractivity contribution in [3.05, 3.63) is 0 Å². The van der Waals surface area contributed by atoms with Crippen LogP contribution in [0.5, 0.6) is 0 Å². The summed E-state index contributed by atoms with van der Waals surface area (Å²) >= 11 is 1.54. The van der Waals surface area contributed by atoms with Gasteiger partial charge in [0.25, 0.3) is 0 Å². The van der Waals surface area contributed by atoms with Crippen LogP contribution >= 0.6 is 11.8 Å². The van der Waals surface area contributed by atoms with Crippen LogP contribution < -0.4 is 0 Å². The van der Waals surface area contributed by atoms with Crippen molar-refractivity contribution in [2.24, 2.45) is 0 Å². The van der Waals surface area contributed by atoms with Gasteiger partial charge in [-0.3, -0.25) is 4.79 Å². The Morgan fingerprint density at radius 2 is 1.67 bits per heavy atom. The summed E-state index contributed by atoms with van der Waals surface area (Å²) in [5, 5.41) is 0.416. The average Bonchev–Trinajstić information content (AvgIpc) is 2.25. The van der Waals surface area contributed by atoms with Gasteiger partial charge in [0.05, 0.1) is 0 Å². The van der Waals surface area contributed by atoms with Gasteiger partial charge in [-0.1, -0.05) is 63.3 Å². The first-order valence-corrected chi connectivity index (χ1v) is 8.86. The minimum atomic E-state index is 0.416. The summed E-state index contributed by atoms with van der Waals surface area (Å²) in [6.07, 6.45) is 9.90. The zero-order valence-corrected chi connectivity index (χ0v) is 13.2. The molecule has 0 radical (unpaired) electrons. The maximum Gasteiger partial charge on any atom is 0.188 e. The molecule has 0 aliphatic rings. The predicted molar refractivity (Wildman–Crippen MR) is 74.8 cm³/mol. The molecule has 0 aliphatic heterocycles. The lowest BCUT2D eigenvalue weighted by Crippen LogP contribution is -1.93. The van der Waals surface area contributed by atoms with E-state index < -0.39 is 0 Å². The smallest absolute Gasteiger partial charge is 0.188 e. The number of rotatable bonds is 10. The fourth-order valence-electron chi connectivity index (χ4n) is 1.51. The standard InChI is InChI=1S/C12H26OSSi/c1-2-3-4-5-6-7-8-9-12(13)14-10-11-15/h2-11H2,1,15H3. The largest absolute Gasteiger partial charge is 0.287 e. The van der Waals surface area contributed by atoms with Gasteiger partial charge in [0.1, 0.15) is 0 Å². The number of hydrogen-bond acceptors (Lipinski definition) is 2. The number of thioether (sulfide) groups is 1. The summed E-state index contributed by atoms with van der Waals surface area (Å²) in [7, 11) is 1.23. The topological polar surface area (TPSA) is 17.1 Å². The molecule has 1 nitrogen and oxygen atoms in total. The fourth-order valence-corrected chi connectivity index (χ4v) is 2.85. The number of carbonyl (C=O) groups excluding carboxylic acids is 1. The molecule has 90 valence electrons. The highest BCUT2D eigenvalue weighted by Gasteiger charge is 2.00. The third-order valence-electron chi connectivity index (χ3n) is 2.45. The van der Waals surface area contributed by atoms with E-state index in [2.05, 4.69) is 6.92 Å². The Bertz CT molecular complexity index is 151. The molecule has 0 aliphatic carbocycles. The van der Waals surface area contributed by atoms with E-state index in [9.17, 15) is 4.79 Å². The third-order valence-corrected chi connectivity index (χ3v) is 4.81. The zero-order valence-electron chi connectivity index (χ0n) is 10.4. The van der Waals surface area contributed by atoms with Gasteiger partial charge in [0.2, 0.25) is 0 Å². The third kappa shape index (κ3) is 12.2. The average molecular weight is 246 g/mol. The Kier molecular flexibility index (Phi) is 12.5. The van der Waals surface area contributed by atoms with E-state index in [0.29, 0.717) is 5.12 Å². The van der Waals surface area contributed by atoms with Crippen molar-refractivity contribution < 1.29 is 4.79 Å². The van der Waals surface area contributed by atoms with Crippen molar-refractivity contribution in [3.63, 3.8) is 0 Å².